The van der Waals surface area contributed by atoms with E-state index in [-0.39, 0.29) is 5.91 Å². The van der Waals surface area contributed by atoms with Crippen molar-refractivity contribution in [2.75, 3.05) is 18.1 Å². The van der Waals surface area contributed by atoms with Crippen molar-refractivity contribution in [2.24, 2.45) is 0 Å². The number of thiocarbonyl (C=S) groups is 1. The lowest BCUT2D eigenvalue weighted by Gasteiger charge is -2.15. The Morgan fingerprint density at radius 3 is 2.66 bits per heavy atom. The fraction of sp³-hybridized carbons (Fsp3) is 0.238. The van der Waals surface area contributed by atoms with E-state index < -0.39 is 0 Å². The Balaban J connectivity index is 1.88. The van der Waals surface area contributed by atoms with Crippen LogP contribution in [0.5, 0.6) is 11.5 Å². The van der Waals surface area contributed by atoms with Gasteiger partial charge in [-0.2, -0.15) is 0 Å². The van der Waals surface area contributed by atoms with E-state index >= 15 is 0 Å². The van der Waals surface area contributed by atoms with Crippen LogP contribution in [0.15, 0.2) is 45.8 Å². The summed E-state index contributed by atoms with van der Waals surface area (Å²) in [6.45, 7) is 5.12. The van der Waals surface area contributed by atoms with Crippen LogP contribution in [0.4, 0.5) is 5.69 Å². The Hall–Kier alpha value is -1.54. The van der Waals surface area contributed by atoms with Crippen LogP contribution in [0, 0.1) is 0 Å². The number of carbonyl (C=O) groups excluding carboxylic acids is 1. The van der Waals surface area contributed by atoms with E-state index in [0.717, 1.165) is 16.5 Å². The van der Waals surface area contributed by atoms with Gasteiger partial charge in [0, 0.05) is 4.47 Å². The minimum absolute atomic E-state index is 0.178. The summed E-state index contributed by atoms with van der Waals surface area (Å²) in [5.74, 6) is 1.18. The molecule has 2 aromatic carbocycles. The van der Waals surface area contributed by atoms with Gasteiger partial charge < -0.3 is 9.47 Å². The fourth-order valence-corrected chi connectivity index (χ4v) is 4.40. The van der Waals surface area contributed by atoms with Crippen molar-refractivity contribution < 1.29 is 14.3 Å². The molecule has 0 N–H and O–H groups in total. The molecule has 0 saturated carbocycles. The molecule has 8 heteroatoms. The number of hydrogen-bond acceptors (Lipinski definition) is 5. The van der Waals surface area contributed by atoms with E-state index in [4.69, 9.17) is 33.3 Å². The first kappa shape index (κ1) is 22.2. The Labute approximate surface area is 193 Å². The van der Waals surface area contributed by atoms with Gasteiger partial charge in [0.05, 0.1) is 28.8 Å². The number of thioether (sulfide) groups is 1. The van der Waals surface area contributed by atoms with E-state index in [9.17, 15) is 4.79 Å². The predicted octanol–water partition coefficient (Wildman–Crippen LogP) is 6.70. The molecule has 29 heavy (non-hydrogen) atoms. The van der Waals surface area contributed by atoms with E-state index in [1.54, 1.807) is 18.2 Å². The number of ether oxygens (including phenoxy) is 2. The Kier molecular flexibility index (Phi) is 7.62. The number of carbonyl (C=O) groups is 1. The number of nitrogens with zero attached hydrogens (tertiary/aromatic N) is 1. The molecule has 0 bridgehead atoms. The highest BCUT2D eigenvalue weighted by molar-refractivity contribution is 9.10. The standard InChI is InChI=1S/C21H19BrClNO3S2/c1-3-9-27-17-8-5-13(10-18(17)26-4-2)11-19-20(25)24(21(28)29-19)14-6-7-15(22)16(23)12-14/h5-8,10-12H,3-4,9H2,1-2H3/b19-11-. The quantitative estimate of drug-likeness (QED) is 0.305. The van der Waals surface area contributed by atoms with E-state index in [0.29, 0.717) is 44.6 Å². The van der Waals surface area contributed by atoms with Crippen molar-refractivity contribution in [3.05, 3.63) is 56.4 Å². The summed E-state index contributed by atoms with van der Waals surface area (Å²) < 4.78 is 12.7. The molecular formula is C21H19BrClNO3S2. The second kappa shape index (κ2) is 9.98. The third kappa shape index (κ3) is 5.15. The number of rotatable bonds is 7. The molecule has 152 valence electrons. The van der Waals surface area contributed by atoms with Gasteiger partial charge in [0.1, 0.15) is 0 Å². The Bertz CT molecular complexity index is 980. The molecule has 1 aliphatic rings. The second-order valence-corrected chi connectivity index (χ2v) is 9.04. The summed E-state index contributed by atoms with van der Waals surface area (Å²) >= 11 is 16.2. The molecule has 3 rings (SSSR count). The monoisotopic (exact) mass is 511 g/mol. The third-order valence-corrected chi connectivity index (χ3v) is 6.52. The van der Waals surface area contributed by atoms with Crippen molar-refractivity contribution in [3.8, 4) is 11.5 Å². The van der Waals surface area contributed by atoms with Crippen molar-refractivity contribution in [3.63, 3.8) is 0 Å². The van der Waals surface area contributed by atoms with Crippen molar-refractivity contribution in [1.82, 2.24) is 0 Å². The van der Waals surface area contributed by atoms with Crippen LogP contribution < -0.4 is 14.4 Å². The van der Waals surface area contributed by atoms with E-state index in [1.165, 1.54) is 16.7 Å². The summed E-state index contributed by atoms with van der Waals surface area (Å²) in [5, 5.41) is 0.518. The smallest absolute Gasteiger partial charge is 0.270 e. The molecule has 1 saturated heterocycles. The molecule has 2 aromatic rings. The fourth-order valence-electron chi connectivity index (χ4n) is 2.68. The average Bonchev–Trinajstić information content (AvgIpc) is 2.97. The second-order valence-electron chi connectivity index (χ2n) is 6.10. The number of hydrogen-bond donors (Lipinski definition) is 0. The zero-order valence-electron chi connectivity index (χ0n) is 15.9. The summed E-state index contributed by atoms with van der Waals surface area (Å²) in [5.41, 5.74) is 1.48. The molecule has 0 unspecified atom stereocenters. The van der Waals surface area contributed by atoms with Gasteiger partial charge >= 0.3 is 0 Å². The van der Waals surface area contributed by atoms with Gasteiger partial charge in [0.25, 0.3) is 5.91 Å². The van der Waals surface area contributed by atoms with Crippen LogP contribution in [0.3, 0.4) is 0 Å². The maximum Gasteiger partial charge on any atom is 0.270 e. The highest BCUT2D eigenvalue weighted by Gasteiger charge is 2.33. The summed E-state index contributed by atoms with van der Waals surface area (Å²) in [7, 11) is 0. The third-order valence-electron chi connectivity index (χ3n) is 3.98. The molecule has 1 heterocycles. The lowest BCUT2D eigenvalue weighted by Crippen LogP contribution is -2.27. The zero-order chi connectivity index (χ0) is 21.0. The topological polar surface area (TPSA) is 38.8 Å². The molecule has 4 nitrogen and oxygen atoms in total. The minimum atomic E-state index is -0.178. The van der Waals surface area contributed by atoms with Gasteiger partial charge in [0.15, 0.2) is 15.8 Å². The molecular weight excluding hydrogens is 494 g/mol. The number of amides is 1. The molecule has 0 spiro atoms. The van der Waals surface area contributed by atoms with Crippen molar-refractivity contribution >= 4 is 73.5 Å². The van der Waals surface area contributed by atoms with Gasteiger partial charge in [-0.25, -0.2) is 0 Å². The van der Waals surface area contributed by atoms with Crippen LogP contribution >= 0.6 is 51.5 Å². The first-order valence-electron chi connectivity index (χ1n) is 9.07. The summed E-state index contributed by atoms with van der Waals surface area (Å²) in [6.07, 6.45) is 2.72. The first-order chi connectivity index (χ1) is 13.9. The Morgan fingerprint density at radius 2 is 1.97 bits per heavy atom. The van der Waals surface area contributed by atoms with Gasteiger partial charge in [-0.05, 0) is 71.2 Å². The van der Waals surface area contributed by atoms with Crippen molar-refractivity contribution in [2.45, 2.75) is 20.3 Å². The molecule has 1 fully saturated rings. The lowest BCUT2D eigenvalue weighted by molar-refractivity contribution is -0.113. The van der Waals surface area contributed by atoms with Gasteiger partial charge in [-0.1, -0.05) is 48.6 Å². The largest absolute Gasteiger partial charge is 0.490 e. The number of anilines is 1. The van der Waals surface area contributed by atoms with Gasteiger partial charge in [-0.3, -0.25) is 9.69 Å². The molecule has 0 aromatic heterocycles. The predicted molar refractivity (Wildman–Crippen MR) is 128 cm³/mol. The minimum Gasteiger partial charge on any atom is -0.490 e. The zero-order valence-corrected chi connectivity index (χ0v) is 19.9. The van der Waals surface area contributed by atoms with Crippen LogP contribution in [-0.4, -0.2) is 23.4 Å². The average molecular weight is 513 g/mol. The van der Waals surface area contributed by atoms with Gasteiger partial charge in [-0.15, -0.1) is 0 Å². The van der Waals surface area contributed by atoms with E-state index in [2.05, 4.69) is 22.9 Å². The first-order valence-corrected chi connectivity index (χ1v) is 11.5. The van der Waals surface area contributed by atoms with Crippen LogP contribution in [0.2, 0.25) is 5.02 Å². The number of benzene rings is 2. The molecule has 1 amide bonds. The molecule has 0 atom stereocenters. The maximum atomic E-state index is 13.0. The Morgan fingerprint density at radius 1 is 1.17 bits per heavy atom. The van der Waals surface area contributed by atoms with Crippen LogP contribution in [-0.2, 0) is 4.79 Å². The summed E-state index contributed by atoms with van der Waals surface area (Å²) in [4.78, 5) is 15.0. The summed E-state index contributed by atoms with van der Waals surface area (Å²) in [6, 6.07) is 10.9. The normalized spacial score (nSPS) is 15.3. The van der Waals surface area contributed by atoms with Crippen LogP contribution in [0.1, 0.15) is 25.8 Å². The number of halogens is 2. The molecule has 0 aliphatic carbocycles. The van der Waals surface area contributed by atoms with Crippen LogP contribution in [0.25, 0.3) is 6.08 Å². The SMILES string of the molecule is CCCOc1ccc(/C=C2\SC(=S)N(c3ccc(Br)c(Cl)c3)C2=O)cc1OCC. The highest BCUT2D eigenvalue weighted by Crippen LogP contribution is 2.38. The van der Waals surface area contributed by atoms with E-state index in [1.807, 2.05) is 31.2 Å². The molecule has 1 aliphatic heterocycles. The maximum absolute atomic E-state index is 13.0. The lowest BCUT2D eigenvalue weighted by atomic mass is 10.1. The molecule has 0 radical (unpaired) electrons. The van der Waals surface area contributed by atoms with Crippen molar-refractivity contribution in [1.29, 1.82) is 0 Å². The van der Waals surface area contributed by atoms with Gasteiger partial charge in [0.2, 0.25) is 0 Å². The highest BCUT2D eigenvalue weighted by atomic mass is 79.9.